The Balaban J connectivity index is 0.000000164. The number of alkyl halides is 2. The van der Waals surface area contributed by atoms with Crippen LogP contribution in [0, 0.1) is 0 Å². The minimum atomic E-state index is -0.797. The molecular weight excluding hydrogens is 851 g/mol. The van der Waals surface area contributed by atoms with Crippen molar-refractivity contribution < 1.29 is 27.9 Å². The van der Waals surface area contributed by atoms with Gasteiger partial charge in [0.1, 0.15) is 68.8 Å². The highest BCUT2D eigenvalue weighted by Gasteiger charge is 2.32. The lowest BCUT2D eigenvalue weighted by atomic mass is 10.2. The quantitative estimate of drug-likeness (QED) is 0.203. The van der Waals surface area contributed by atoms with Crippen molar-refractivity contribution in [2.24, 2.45) is 0 Å². The predicted octanol–water partition coefficient (Wildman–Crippen LogP) is 6.12. The van der Waals surface area contributed by atoms with Gasteiger partial charge in [-0.25, -0.2) is 43.5 Å². The molecule has 0 radical (unpaired) electrons. The van der Waals surface area contributed by atoms with E-state index in [1.54, 1.807) is 66.7 Å². The number of halogens is 2. The fourth-order valence-corrected chi connectivity index (χ4v) is 9.60. The maximum Gasteiger partial charge on any atom is 0.410 e. The molecule has 6 aromatic rings. The van der Waals surface area contributed by atoms with E-state index in [4.69, 9.17) is 4.74 Å². The fraction of sp³-hybridized carbons (Fsp3) is 0.419. The molecule has 6 aromatic heterocycles. The molecule has 3 amide bonds. The number of rotatable bonds is 6. The Morgan fingerprint density at radius 2 is 1.22 bits per heavy atom. The van der Waals surface area contributed by atoms with Crippen LogP contribution < -0.4 is 24.9 Å². The molecule has 0 saturated carbocycles. The van der Waals surface area contributed by atoms with E-state index in [2.05, 4.69) is 35.2 Å². The average Bonchev–Trinajstić information content (AvgIpc) is 4.10. The van der Waals surface area contributed by atoms with Crippen molar-refractivity contribution in [1.82, 2.24) is 40.1 Å². The summed E-state index contributed by atoms with van der Waals surface area (Å²) in [5.74, 6) is 2.58. The van der Waals surface area contributed by atoms with Gasteiger partial charge in [-0.3, -0.25) is 24.3 Å². The molecular formula is C43H46F2N12O4S2. The average molecular weight is 897 g/mol. The maximum absolute atomic E-state index is 13.5. The van der Waals surface area contributed by atoms with E-state index in [-0.39, 0.29) is 18.4 Å². The highest BCUT2D eigenvalue weighted by molar-refractivity contribution is 7.22. The van der Waals surface area contributed by atoms with Crippen LogP contribution in [0.4, 0.5) is 36.8 Å². The summed E-state index contributed by atoms with van der Waals surface area (Å²) < 4.78 is 34.2. The minimum Gasteiger partial charge on any atom is -0.444 e. The molecule has 4 aliphatic heterocycles. The summed E-state index contributed by atoms with van der Waals surface area (Å²) in [7, 11) is 0. The molecule has 10 rings (SSSR count). The number of fused-ring (bicyclic) bond motifs is 2. The van der Waals surface area contributed by atoms with E-state index < -0.39 is 24.0 Å². The Bertz CT molecular complexity index is 2640. The molecule has 2 atom stereocenters. The Morgan fingerprint density at radius 1 is 0.698 bits per heavy atom. The summed E-state index contributed by atoms with van der Waals surface area (Å²) in [6.07, 6.45) is 5.96. The number of anilines is 4. The van der Waals surface area contributed by atoms with Crippen LogP contribution in [0.15, 0.2) is 61.2 Å². The number of thiazole rings is 2. The lowest BCUT2D eigenvalue weighted by molar-refractivity contribution is -0.121. The van der Waals surface area contributed by atoms with Crippen LogP contribution in [0.2, 0.25) is 0 Å². The molecule has 63 heavy (non-hydrogen) atoms. The number of piperazine rings is 2. The Hall–Kier alpha value is -5.99. The van der Waals surface area contributed by atoms with Gasteiger partial charge in [-0.2, -0.15) is 0 Å². The summed E-state index contributed by atoms with van der Waals surface area (Å²) in [6.45, 7) is 9.92. The van der Waals surface area contributed by atoms with Crippen molar-refractivity contribution in [3.05, 3.63) is 61.2 Å². The SMILES string of the molecule is CC(C)(C)OC(=O)N1CCN(c2cc3sc(-c4ccc(N5CC[C@@H](F)C5)nc4)nc3cn2)C(=O)C1.O=C1CNCCN1c1cc2sc(-c3ccc(N4CC[C@@H](F)C4)nc3)nc2cn1. The van der Waals surface area contributed by atoms with Crippen LogP contribution in [-0.4, -0.2) is 136 Å². The summed E-state index contributed by atoms with van der Waals surface area (Å²) in [5, 5.41) is 4.71. The van der Waals surface area contributed by atoms with Crippen molar-refractivity contribution in [3.63, 3.8) is 0 Å². The topological polar surface area (TPSA) is 166 Å². The van der Waals surface area contributed by atoms with Crippen LogP contribution in [0.5, 0.6) is 0 Å². The zero-order valence-electron chi connectivity index (χ0n) is 35.0. The number of carbonyl (C=O) groups is 3. The first-order chi connectivity index (χ1) is 30.3. The van der Waals surface area contributed by atoms with Gasteiger partial charge in [0.15, 0.2) is 0 Å². The van der Waals surface area contributed by atoms with E-state index in [1.807, 2.05) is 46.2 Å². The second-order valence-electron chi connectivity index (χ2n) is 16.7. The Labute approximate surface area is 369 Å². The van der Waals surface area contributed by atoms with E-state index >= 15 is 0 Å². The van der Waals surface area contributed by atoms with E-state index in [0.29, 0.717) is 76.8 Å². The molecule has 16 nitrogen and oxygen atoms in total. The molecule has 4 aliphatic rings. The van der Waals surface area contributed by atoms with Gasteiger partial charge in [-0.15, -0.1) is 22.7 Å². The normalized spacial score (nSPS) is 19.6. The van der Waals surface area contributed by atoms with E-state index in [9.17, 15) is 23.2 Å². The van der Waals surface area contributed by atoms with Crippen molar-refractivity contribution in [2.45, 2.75) is 51.6 Å². The zero-order valence-corrected chi connectivity index (χ0v) is 36.7. The van der Waals surface area contributed by atoms with Gasteiger partial charge >= 0.3 is 6.09 Å². The molecule has 4 saturated heterocycles. The van der Waals surface area contributed by atoms with Gasteiger partial charge in [0, 0.05) is 74.9 Å². The first-order valence-corrected chi connectivity index (χ1v) is 22.5. The van der Waals surface area contributed by atoms with Crippen molar-refractivity contribution in [1.29, 1.82) is 0 Å². The monoisotopic (exact) mass is 896 g/mol. The number of amides is 3. The van der Waals surface area contributed by atoms with Crippen LogP contribution in [0.1, 0.15) is 33.6 Å². The number of nitrogens with zero attached hydrogens (tertiary/aromatic N) is 11. The summed E-state index contributed by atoms with van der Waals surface area (Å²) in [6, 6.07) is 11.5. The molecule has 328 valence electrons. The number of ether oxygens (including phenoxy) is 1. The van der Waals surface area contributed by atoms with Crippen LogP contribution in [0.25, 0.3) is 41.6 Å². The van der Waals surface area contributed by atoms with Crippen LogP contribution in [0.3, 0.4) is 0 Å². The van der Waals surface area contributed by atoms with Gasteiger partial charge in [-0.05, 0) is 57.9 Å². The first kappa shape index (κ1) is 42.3. The van der Waals surface area contributed by atoms with Crippen molar-refractivity contribution >= 4 is 84.3 Å². The molecule has 0 bridgehead atoms. The molecule has 4 fully saturated rings. The largest absolute Gasteiger partial charge is 0.444 e. The molecule has 0 spiro atoms. The molecule has 10 heterocycles. The lowest BCUT2D eigenvalue weighted by Gasteiger charge is -2.34. The summed E-state index contributed by atoms with van der Waals surface area (Å²) in [5.41, 5.74) is 2.71. The van der Waals surface area contributed by atoms with Gasteiger partial charge in [0.2, 0.25) is 11.8 Å². The number of nitrogens with one attached hydrogen (secondary N) is 1. The highest BCUT2D eigenvalue weighted by Crippen LogP contribution is 2.34. The van der Waals surface area contributed by atoms with Gasteiger partial charge in [-0.1, -0.05) is 0 Å². The molecule has 20 heteroatoms. The third-order valence-electron chi connectivity index (χ3n) is 10.9. The molecule has 0 unspecified atom stereocenters. The second kappa shape index (κ2) is 17.6. The third kappa shape index (κ3) is 9.52. The first-order valence-electron chi connectivity index (χ1n) is 20.9. The van der Waals surface area contributed by atoms with E-state index in [0.717, 1.165) is 59.8 Å². The predicted molar refractivity (Wildman–Crippen MR) is 240 cm³/mol. The Morgan fingerprint density at radius 3 is 1.67 bits per heavy atom. The standard InChI is InChI=1S/C24H27FN6O3S.C19H19FN6OS/c1-24(2,3)34-23(33)30-8-9-31(21(32)14-30)20-10-18-17(12-27-20)28-22(35-18)15-4-5-19(26-11-15)29-7-6-16(25)13-29;20-13-3-5-25(11-13)16-2-1-12(8-22-16)19-24-14-9-23-17(7-15(14)28-19)26-6-4-21-10-18(26)27/h4-5,10-12,16H,6-9,13-14H2,1-3H3;1-2,7-9,13,21H,3-6,10-11H2/t16-;13-/m11/s1. The number of carbonyl (C=O) groups excluding carboxylic acids is 3. The van der Waals surface area contributed by atoms with Gasteiger partial charge < -0.3 is 19.9 Å². The summed E-state index contributed by atoms with van der Waals surface area (Å²) >= 11 is 3.04. The lowest BCUT2D eigenvalue weighted by Crippen LogP contribution is -2.53. The second-order valence-corrected chi connectivity index (χ2v) is 18.8. The zero-order chi connectivity index (χ0) is 43.8. The Kier molecular flexibility index (Phi) is 11.9. The number of hydrogen-bond acceptors (Lipinski definition) is 15. The van der Waals surface area contributed by atoms with Crippen LogP contribution >= 0.6 is 22.7 Å². The van der Waals surface area contributed by atoms with Gasteiger partial charge in [0.05, 0.1) is 41.4 Å². The van der Waals surface area contributed by atoms with Crippen LogP contribution in [-0.2, 0) is 14.3 Å². The summed E-state index contributed by atoms with van der Waals surface area (Å²) in [4.78, 5) is 73.0. The van der Waals surface area contributed by atoms with Gasteiger partial charge in [0.25, 0.3) is 0 Å². The molecule has 1 N–H and O–H groups in total. The number of aromatic nitrogens is 6. The number of hydrogen-bond donors (Lipinski definition) is 1. The maximum atomic E-state index is 13.5. The van der Waals surface area contributed by atoms with Crippen molar-refractivity contribution in [2.75, 3.05) is 85.0 Å². The minimum absolute atomic E-state index is 0.0278. The highest BCUT2D eigenvalue weighted by atomic mass is 32.1. The molecule has 0 aliphatic carbocycles. The smallest absolute Gasteiger partial charge is 0.410 e. The van der Waals surface area contributed by atoms with E-state index in [1.165, 1.54) is 16.2 Å². The van der Waals surface area contributed by atoms with Crippen molar-refractivity contribution in [3.8, 4) is 21.1 Å². The fourth-order valence-electron chi connectivity index (χ4n) is 7.68. The third-order valence-corrected chi connectivity index (χ3v) is 13.1. The number of pyridine rings is 4. The molecule has 0 aromatic carbocycles.